The van der Waals surface area contributed by atoms with Crippen LogP contribution < -0.4 is 16.4 Å². The fourth-order valence-electron chi connectivity index (χ4n) is 3.53. The number of hydrogen-bond acceptors (Lipinski definition) is 4. The average Bonchev–Trinajstić information content (AvgIpc) is 2.93. The van der Waals surface area contributed by atoms with Gasteiger partial charge < -0.3 is 16.4 Å². The van der Waals surface area contributed by atoms with E-state index in [-0.39, 0.29) is 5.91 Å². The number of rotatable bonds is 3. The lowest BCUT2D eigenvalue weighted by Gasteiger charge is -2.38. The van der Waals surface area contributed by atoms with Gasteiger partial charge in [-0.2, -0.15) is 0 Å². The Morgan fingerprint density at radius 3 is 3.00 bits per heavy atom. The molecule has 2 aliphatic rings. The molecule has 1 aromatic heterocycles. The second-order valence-corrected chi connectivity index (χ2v) is 6.39. The predicted octanol–water partition coefficient (Wildman–Crippen LogP) is 1.09. The zero-order valence-corrected chi connectivity index (χ0v) is 12.6. The highest BCUT2D eigenvalue weighted by atomic mass is 16.1. The Labute approximate surface area is 125 Å². The summed E-state index contributed by atoms with van der Waals surface area (Å²) in [5.41, 5.74) is 14.4. The maximum Gasteiger partial charge on any atom is 0.252 e. The van der Waals surface area contributed by atoms with Gasteiger partial charge in [-0.05, 0) is 55.7 Å². The maximum atomic E-state index is 11.8. The molecular formula is C16H24N4O. The number of carbonyl (C=O) groups excluding carboxylic acids is 1. The molecule has 1 aliphatic heterocycles. The molecule has 0 aromatic carbocycles. The van der Waals surface area contributed by atoms with Crippen molar-refractivity contribution in [2.75, 3.05) is 24.5 Å². The molecule has 0 bridgehead atoms. The zero-order chi connectivity index (χ0) is 15.0. The number of hydrogen-bond donors (Lipinski definition) is 2. The quantitative estimate of drug-likeness (QED) is 0.872. The fourth-order valence-corrected chi connectivity index (χ4v) is 3.53. The van der Waals surface area contributed by atoms with Gasteiger partial charge in [0.2, 0.25) is 0 Å². The second-order valence-electron chi connectivity index (χ2n) is 6.39. The van der Waals surface area contributed by atoms with Gasteiger partial charge in [0.05, 0.1) is 5.56 Å². The Bertz CT molecular complexity index is 557. The highest BCUT2D eigenvalue weighted by Crippen LogP contribution is 2.31. The molecule has 114 valence electrons. The van der Waals surface area contributed by atoms with Crippen molar-refractivity contribution in [2.45, 2.75) is 32.6 Å². The Kier molecular flexibility index (Phi) is 3.85. The van der Waals surface area contributed by atoms with E-state index >= 15 is 0 Å². The number of aryl methyl sites for hydroxylation is 2. The van der Waals surface area contributed by atoms with Crippen LogP contribution in [0.3, 0.4) is 0 Å². The molecule has 2 unspecified atom stereocenters. The minimum absolute atomic E-state index is 0.380. The number of piperidine rings is 1. The maximum absolute atomic E-state index is 11.8. The number of anilines is 1. The summed E-state index contributed by atoms with van der Waals surface area (Å²) < 4.78 is 0. The van der Waals surface area contributed by atoms with Crippen LogP contribution in [0.5, 0.6) is 0 Å². The van der Waals surface area contributed by atoms with Gasteiger partial charge in [0, 0.05) is 18.8 Å². The van der Waals surface area contributed by atoms with Crippen LogP contribution in [-0.2, 0) is 12.8 Å². The van der Waals surface area contributed by atoms with Crippen LogP contribution >= 0.6 is 0 Å². The molecule has 5 nitrogen and oxygen atoms in total. The first-order valence-corrected chi connectivity index (χ1v) is 7.87. The number of nitrogens with zero attached hydrogens (tertiary/aromatic N) is 2. The van der Waals surface area contributed by atoms with Gasteiger partial charge >= 0.3 is 0 Å². The van der Waals surface area contributed by atoms with Crippen LogP contribution in [0.1, 0.15) is 41.4 Å². The third-order valence-electron chi connectivity index (χ3n) is 5.01. The standard InChI is InChI=1S/C16H24N4O/c1-10-5-6-20(9-12(10)8-17)16-13(15(18)21)7-11-3-2-4-14(11)19-16/h7,10,12H,2-6,8-9,17H2,1H3,(H2,18,21). The molecule has 2 atom stereocenters. The molecule has 1 aliphatic carbocycles. The minimum atomic E-state index is -0.380. The van der Waals surface area contributed by atoms with Crippen LogP contribution in [0.15, 0.2) is 6.07 Å². The van der Waals surface area contributed by atoms with Crippen molar-refractivity contribution in [3.63, 3.8) is 0 Å². The van der Waals surface area contributed by atoms with Crippen molar-refractivity contribution in [1.29, 1.82) is 0 Å². The lowest BCUT2D eigenvalue weighted by atomic mass is 9.87. The summed E-state index contributed by atoms with van der Waals surface area (Å²) in [4.78, 5) is 18.8. The molecule has 21 heavy (non-hydrogen) atoms. The van der Waals surface area contributed by atoms with Crippen molar-refractivity contribution >= 4 is 11.7 Å². The van der Waals surface area contributed by atoms with E-state index in [0.29, 0.717) is 23.9 Å². The number of fused-ring (bicyclic) bond motifs is 1. The van der Waals surface area contributed by atoms with Crippen molar-refractivity contribution in [1.82, 2.24) is 4.98 Å². The summed E-state index contributed by atoms with van der Waals surface area (Å²) >= 11 is 0. The summed E-state index contributed by atoms with van der Waals surface area (Å²) in [5.74, 6) is 1.47. The molecule has 1 saturated heterocycles. The normalized spacial score (nSPS) is 25.0. The van der Waals surface area contributed by atoms with Crippen molar-refractivity contribution < 1.29 is 4.79 Å². The van der Waals surface area contributed by atoms with Gasteiger partial charge in [0.15, 0.2) is 0 Å². The van der Waals surface area contributed by atoms with Crippen molar-refractivity contribution in [3.05, 3.63) is 22.9 Å². The number of aromatic nitrogens is 1. The molecule has 0 saturated carbocycles. The third-order valence-corrected chi connectivity index (χ3v) is 5.01. The molecule has 0 radical (unpaired) electrons. The van der Waals surface area contributed by atoms with E-state index in [1.165, 1.54) is 5.56 Å². The Morgan fingerprint density at radius 2 is 2.29 bits per heavy atom. The van der Waals surface area contributed by atoms with Gasteiger partial charge in [0.25, 0.3) is 5.91 Å². The van der Waals surface area contributed by atoms with E-state index in [1.54, 1.807) is 0 Å². The molecule has 0 spiro atoms. The summed E-state index contributed by atoms with van der Waals surface area (Å²) in [6.07, 6.45) is 4.21. The lowest BCUT2D eigenvalue weighted by Crippen LogP contribution is -2.43. The van der Waals surface area contributed by atoms with Crippen LogP contribution in [0.4, 0.5) is 5.82 Å². The van der Waals surface area contributed by atoms with E-state index in [4.69, 9.17) is 16.5 Å². The molecule has 3 rings (SSSR count). The van der Waals surface area contributed by atoms with Gasteiger partial charge in [-0.15, -0.1) is 0 Å². The number of pyridine rings is 1. The van der Waals surface area contributed by atoms with Crippen LogP contribution in [0.25, 0.3) is 0 Å². The first-order chi connectivity index (χ1) is 10.1. The Hall–Kier alpha value is -1.62. The molecule has 1 fully saturated rings. The third kappa shape index (κ3) is 2.62. The number of amides is 1. The smallest absolute Gasteiger partial charge is 0.252 e. The minimum Gasteiger partial charge on any atom is -0.365 e. The first kappa shape index (κ1) is 14.3. The van der Waals surface area contributed by atoms with Crippen molar-refractivity contribution in [2.24, 2.45) is 23.3 Å². The molecule has 4 N–H and O–H groups in total. The molecule has 1 aromatic rings. The number of primary amides is 1. The Morgan fingerprint density at radius 1 is 1.48 bits per heavy atom. The van der Waals surface area contributed by atoms with E-state index in [9.17, 15) is 4.79 Å². The monoisotopic (exact) mass is 288 g/mol. The predicted molar refractivity (Wildman–Crippen MR) is 83.3 cm³/mol. The van der Waals surface area contributed by atoms with Crippen LogP contribution in [-0.4, -0.2) is 30.5 Å². The molecule has 2 heterocycles. The summed E-state index contributed by atoms with van der Waals surface area (Å²) in [6, 6.07) is 1.96. The van der Waals surface area contributed by atoms with Crippen LogP contribution in [0, 0.1) is 11.8 Å². The van der Waals surface area contributed by atoms with E-state index < -0.39 is 0 Å². The van der Waals surface area contributed by atoms with E-state index in [2.05, 4.69) is 11.8 Å². The molecular weight excluding hydrogens is 264 g/mol. The summed E-state index contributed by atoms with van der Waals surface area (Å²) in [6.45, 7) is 4.71. The summed E-state index contributed by atoms with van der Waals surface area (Å²) in [5, 5.41) is 0. The second kappa shape index (κ2) is 5.64. The summed E-state index contributed by atoms with van der Waals surface area (Å²) in [7, 11) is 0. The topological polar surface area (TPSA) is 85.2 Å². The fraction of sp³-hybridized carbons (Fsp3) is 0.625. The lowest BCUT2D eigenvalue weighted by molar-refractivity contribution is 0.1000. The average molecular weight is 288 g/mol. The number of nitrogens with two attached hydrogens (primary N) is 2. The van der Waals surface area contributed by atoms with Gasteiger partial charge in [-0.3, -0.25) is 4.79 Å². The number of carbonyl (C=O) groups is 1. The largest absolute Gasteiger partial charge is 0.365 e. The zero-order valence-electron chi connectivity index (χ0n) is 12.6. The molecule has 5 heteroatoms. The van der Waals surface area contributed by atoms with Gasteiger partial charge in [-0.25, -0.2) is 4.98 Å². The molecule has 1 amide bonds. The van der Waals surface area contributed by atoms with Gasteiger partial charge in [0.1, 0.15) is 5.82 Å². The SMILES string of the molecule is CC1CCN(c2nc3c(cc2C(N)=O)CCC3)CC1CN. The highest BCUT2D eigenvalue weighted by molar-refractivity contribution is 5.98. The highest BCUT2D eigenvalue weighted by Gasteiger charge is 2.29. The van der Waals surface area contributed by atoms with Crippen LogP contribution in [0.2, 0.25) is 0 Å². The van der Waals surface area contributed by atoms with Gasteiger partial charge in [-0.1, -0.05) is 6.92 Å². The first-order valence-electron chi connectivity index (χ1n) is 7.87. The van der Waals surface area contributed by atoms with E-state index in [1.807, 2.05) is 6.07 Å². The van der Waals surface area contributed by atoms with E-state index in [0.717, 1.165) is 50.3 Å². The Balaban J connectivity index is 1.95. The van der Waals surface area contributed by atoms with Crippen molar-refractivity contribution in [3.8, 4) is 0 Å².